The number of nitrogens with zero attached hydrogens (tertiary/aromatic N) is 2. The van der Waals surface area contributed by atoms with Gasteiger partial charge in [-0.3, -0.25) is 9.69 Å². The Morgan fingerprint density at radius 1 is 0.828 bits per heavy atom. The van der Waals surface area contributed by atoms with Gasteiger partial charge in [-0.15, -0.1) is 0 Å². The van der Waals surface area contributed by atoms with Crippen molar-refractivity contribution in [3.8, 4) is 0 Å². The van der Waals surface area contributed by atoms with E-state index in [2.05, 4.69) is 60.2 Å². The maximum Gasteiger partial charge on any atom is 0.255 e. The maximum atomic E-state index is 12.8. The first-order chi connectivity index (χ1) is 13.9. The first-order valence-corrected chi connectivity index (χ1v) is 10.3. The van der Waals surface area contributed by atoms with E-state index in [-0.39, 0.29) is 11.4 Å². The van der Waals surface area contributed by atoms with Crippen molar-refractivity contribution in [3.05, 3.63) is 72.3 Å². The van der Waals surface area contributed by atoms with Gasteiger partial charge in [-0.2, -0.15) is 0 Å². The third-order valence-corrected chi connectivity index (χ3v) is 5.76. The molecule has 0 atom stereocenters. The molecule has 1 saturated heterocycles. The van der Waals surface area contributed by atoms with Gasteiger partial charge in [-0.1, -0.05) is 36.4 Å². The minimum absolute atomic E-state index is 0.0783. The molecule has 4 heteroatoms. The molecule has 4 nitrogen and oxygen atoms in total. The van der Waals surface area contributed by atoms with Crippen LogP contribution < -0.4 is 10.2 Å². The molecule has 29 heavy (non-hydrogen) atoms. The summed E-state index contributed by atoms with van der Waals surface area (Å²) in [5.74, 6) is -0.0783. The number of anilines is 2. The SMILES string of the molecule is CC(C)(C)N1CCN(c2ccc(C(=O)Nc3cccc4ccccc34)cc2)CC1. The zero-order valence-electron chi connectivity index (χ0n) is 17.5. The number of hydrogen-bond acceptors (Lipinski definition) is 3. The van der Waals surface area contributed by atoms with Crippen molar-refractivity contribution >= 4 is 28.1 Å². The zero-order valence-corrected chi connectivity index (χ0v) is 17.5. The molecule has 1 heterocycles. The van der Waals surface area contributed by atoms with Gasteiger partial charge in [0.1, 0.15) is 0 Å². The number of hydrogen-bond donors (Lipinski definition) is 1. The molecule has 0 aliphatic carbocycles. The minimum atomic E-state index is -0.0783. The molecule has 150 valence electrons. The number of rotatable bonds is 3. The van der Waals surface area contributed by atoms with E-state index in [0.29, 0.717) is 5.56 Å². The third kappa shape index (κ3) is 4.28. The van der Waals surface area contributed by atoms with Gasteiger partial charge in [0.15, 0.2) is 0 Å². The van der Waals surface area contributed by atoms with E-state index in [1.165, 1.54) is 5.69 Å². The van der Waals surface area contributed by atoms with Crippen LogP contribution in [0.4, 0.5) is 11.4 Å². The standard InChI is InChI=1S/C25H29N3O/c1-25(2,3)28-17-15-27(16-18-28)21-13-11-20(12-14-21)24(29)26-23-10-6-8-19-7-4-5-9-22(19)23/h4-14H,15-18H2,1-3H3,(H,26,29). The van der Waals surface area contributed by atoms with Crippen molar-refractivity contribution in [1.29, 1.82) is 0 Å². The summed E-state index contributed by atoms with van der Waals surface area (Å²) < 4.78 is 0. The number of fused-ring (bicyclic) bond motifs is 1. The van der Waals surface area contributed by atoms with E-state index in [1.54, 1.807) is 0 Å². The van der Waals surface area contributed by atoms with Crippen molar-refractivity contribution in [2.24, 2.45) is 0 Å². The maximum absolute atomic E-state index is 12.8. The van der Waals surface area contributed by atoms with Crippen LogP contribution in [0.3, 0.4) is 0 Å². The van der Waals surface area contributed by atoms with Crippen molar-refractivity contribution in [2.75, 3.05) is 36.4 Å². The van der Waals surface area contributed by atoms with Crippen LogP contribution in [0.15, 0.2) is 66.7 Å². The Bertz CT molecular complexity index is 991. The second kappa shape index (κ2) is 7.88. The average Bonchev–Trinajstić information content (AvgIpc) is 2.73. The Balaban J connectivity index is 1.43. The molecule has 3 aromatic rings. The first kappa shape index (κ1) is 19.5. The molecule has 0 bridgehead atoms. The number of piperazine rings is 1. The minimum Gasteiger partial charge on any atom is -0.369 e. The van der Waals surface area contributed by atoms with Gasteiger partial charge in [0.25, 0.3) is 5.91 Å². The van der Waals surface area contributed by atoms with Crippen molar-refractivity contribution in [3.63, 3.8) is 0 Å². The normalized spacial score (nSPS) is 15.5. The Kier molecular flexibility index (Phi) is 5.29. The van der Waals surface area contributed by atoms with Crippen LogP contribution in [0.25, 0.3) is 10.8 Å². The van der Waals surface area contributed by atoms with Crippen LogP contribution >= 0.6 is 0 Å². The largest absolute Gasteiger partial charge is 0.369 e. The van der Waals surface area contributed by atoms with E-state index >= 15 is 0 Å². The Labute approximate surface area is 173 Å². The highest BCUT2D eigenvalue weighted by molar-refractivity contribution is 6.09. The van der Waals surface area contributed by atoms with Crippen LogP contribution in [-0.4, -0.2) is 42.5 Å². The summed E-state index contributed by atoms with van der Waals surface area (Å²) in [4.78, 5) is 17.7. The quantitative estimate of drug-likeness (QED) is 0.686. The smallest absolute Gasteiger partial charge is 0.255 e. The fourth-order valence-corrected chi connectivity index (χ4v) is 3.99. The summed E-state index contributed by atoms with van der Waals surface area (Å²) in [7, 11) is 0. The number of nitrogens with one attached hydrogen (secondary N) is 1. The molecule has 0 radical (unpaired) electrons. The van der Waals surface area contributed by atoms with Gasteiger partial charge in [-0.25, -0.2) is 0 Å². The van der Waals surface area contributed by atoms with Gasteiger partial charge in [0.05, 0.1) is 0 Å². The van der Waals surface area contributed by atoms with Gasteiger partial charge in [0.2, 0.25) is 0 Å². The Morgan fingerprint density at radius 3 is 2.17 bits per heavy atom. The highest BCUT2D eigenvalue weighted by Gasteiger charge is 2.25. The fourth-order valence-electron chi connectivity index (χ4n) is 3.99. The monoisotopic (exact) mass is 387 g/mol. The third-order valence-electron chi connectivity index (χ3n) is 5.76. The number of carbonyl (C=O) groups excluding carboxylic acids is 1. The summed E-state index contributed by atoms with van der Waals surface area (Å²) in [6, 6.07) is 22.0. The summed E-state index contributed by atoms with van der Waals surface area (Å²) >= 11 is 0. The predicted octanol–water partition coefficient (Wildman–Crippen LogP) is 5.01. The summed E-state index contributed by atoms with van der Waals surface area (Å²) in [5.41, 5.74) is 2.92. The molecule has 1 aliphatic heterocycles. The highest BCUT2D eigenvalue weighted by Crippen LogP contribution is 2.25. The number of benzene rings is 3. The molecule has 1 amide bonds. The number of carbonyl (C=O) groups is 1. The second-order valence-corrected chi connectivity index (χ2v) is 8.67. The lowest BCUT2D eigenvalue weighted by atomic mass is 10.0. The lowest BCUT2D eigenvalue weighted by Crippen LogP contribution is -2.53. The van der Waals surface area contributed by atoms with E-state index in [1.807, 2.05) is 42.5 Å². The molecular weight excluding hydrogens is 358 g/mol. The molecular formula is C25H29N3O. The average molecular weight is 388 g/mol. The predicted molar refractivity (Wildman–Crippen MR) is 122 cm³/mol. The molecule has 1 N–H and O–H groups in total. The van der Waals surface area contributed by atoms with Gasteiger partial charge in [-0.05, 0) is 56.5 Å². The van der Waals surface area contributed by atoms with Gasteiger partial charge < -0.3 is 10.2 Å². The molecule has 4 rings (SSSR count). The highest BCUT2D eigenvalue weighted by atomic mass is 16.1. The summed E-state index contributed by atoms with van der Waals surface area (Å²) in [5, 5.41) is 5.24. The fraction of sp³-hybridized carbons (Fsp3) is 0.320. The van der Waals surface area contributed by atoms with E-state index in [4.69, 9.17) is 0 Å². The molecule has 0 saturated carbocycles. The van der Waals surface area contributed by atoms with Crippen LogP contribution in [0.1, 0.15) is 31.1 Å². The molecule has 3 aromatic carbocycles. The topological polar surface area (TPSA) is 35.6 Å². The van der Waals surface area contributed by atoms with Crippen LogP contribution in [0.2, 0.25) is 0 Å². The lowest BCUT2D eigenvalue weighted by Gasteiger charge is -2.43. The van der Waals surface area contributed by atoms with Gasteiger partial charge >= 0.3 is 0 Å². The van der Waals surface area contributed by atoms with Crippen LogP contribution in [0.5, 0.6) is 0 Å². The molecule has 1 fully saturated rings. The van der Waals surface area contributed by atoms with E-state index < -0.39 is 0 Å². The molecule has 0 aromatic heterocycles. The van der Waals surface area contributed by atoms with Crippen molar-refractivity contribution in [1.82, 2.24) is 4.90 Å². The Hall–Kier alpha value is -2.85. The van der Waals surface area contributed by atoms with Crippen molar-refractivity contribution < 1.29 is 4.79 Å². The van der Waals surface area contributed by atoms with Crippen LogP contribution in [0, 0.1) is 0 Å². The summed E-state index contributed by atoms with van der Waals surface area (Å²) in [6.45, 7) is 11.0. The first-order valence-electron chi connectivity index (χ1n) is 10.3. The second-order valence-electron chi connectivity index (χ2n) is 8.67. The van der Waals surface area contributed by atoms with E-state index in [0.717, 1.165) is 42.6 Å². The van der Waals surface area contributed by atoms with Crippen LogP contribution in [-0.2, 0) is 0 Å². The molecule has 0 unspecified atom stereocenters. The summed E-state index contributed by atoms with van der Waals surface area (Å²) in [6.07, 6.45) is 0. The molecule has 0 spiro atoms. The van der Waals surface area contributed by atoms with Gasteiger partial charge in [0, 0.05) is 54.0 Å². The lowest BCUT2D eigenvalue weighted by molar-refractivity contribution is 0.102. The number of amides is 1. The zero-order chi connectivity index (χ0) is 20.4. The van der Waals surface area contributed by atoms with Crippen molar-refractivity contribution in [2.45, 2.75) is 26.3 Å². The molecule has 1 aliphatic rings. The Morgan fingerprint density at radius 2 is 1.48 bits per heavy atom. The van der Waals surface area contributed by atoms with E-state index in [9.17, 15) is 4.79 Å².